The van der Waals surface area contributed by atoms with Gasteiger partial charge >= 0.3 is 6.18 Å². The van der Waals surface area contributed by atoms with Crippen molar-refractivity contribution < 1.29 is 22.4 Å². The number of hydrogen-bond donors (Lipinski definition) is 4. The SMILES string of the molecule is CNC(=O)c1ccc(-c2c(Cl)cc(N=C(N)N=C(N)N)cc2C(F)(F)F)cc1F. The summed E-state index contributed by atoms with van der Waals surface area (Å²) < 4.78 is 55.2. The Hall–Kier alpha value is -3.34. The molecule has 1 amide bonds. The largest absolute Gasteiger partial charge is 0.417 e. The fourth-order valence-electron chi connectivity index (χ4n) is 2.45. The van der Waals surface area contributed by atoms with Crippen molar-refractivity contribution in [2.24, 2.45) is 27.2 Å². The maximum atomic E-state index is 14.2. The van der Waals surface area contributed by atoms with Crippen LogP contribution in [0.15, 0.2) is 40.3 Å². The molecular formula is C17H15ClF4N6O. The standard InChI is InChI=1S/C17H15ClF4N6O/c1-26-14(29)9-3-2-7(4-12(9)19)13-10(17(20,21)22)5-8(6-11(13)18)27-16(25)28-15(23)24/h2-6H,1H3,(H,26,29)(H6,23,24,25,27,28). The van der Waals surface area contributed by atoms with Crippen molar-refractivity contribution >= 4 is 35.1 Å². The lowest BCUT2D eigenvalue weighted by Gasteiger charge is -2.16. The Morgan fingerprint density at radius 3 is 2.31 bits per heavy atom. The lowest BCUT2D eigenvalue weighted by molar-refractivity contribution is -0.137. The Kier molecular flexibility index (Phi) is 6.32. The van der Waals surface area contributed by atoms with Gasteiger partial charge in [-0.1, -0.05) is 17.7 Å². The highest BCUT2D eigenvalue weighted by Gasteiger charge is 2.35. The molecule has 0 atom stereocenters. The summed E-state index contributed by atoms with van der Waals surface area (Å²) in [4.78, 5) is 18.7. The number of hydrogen-bond acceptors (Lipinski definition) is 2. The van der Waals surface area contributed by atoms with E-state index in [4.69, 9.17) is 28.8 Å². The number of guanidine groups is 2. The van der Waals surface area contributed by atoms with E-state index in [9.17, 15) is 22.4 Å². The summed E-state index contributed by atoms with van der Waals surface area (Å²) >= 11 is 6.05. The van der Waals surface area contributed by atoms with Gasteiger partial charge in [-0.25, -0.2) is 9.38 Å². The number of nitrogens with two attached hydrogens (primary N) is 3. The molecule has 29 heavy (non-hydrogen) atoms. The molecule has 0 saturated heterocycles. The molecule has 0 aliphatic heterocycles. The number of rotatable bonds is 3. The molecule has 0 unspecified atom stereocenters. The average molecular weight is 431 g/mol. The predicted octanol–water partition coefficient (Wildman–Crippen LogP) is 2.74. The van der Waals surface area contributed by atoms with Gasteiger partial charge in [-0.15, -0.1) is 0 Å². The molecule has 7 nitrogen and oxygen atoms in total. The Balaban J connectivity index is 2.68. The molecule has 0 aliphatic rings. The highest BCUT2D eigenvalue weighted by atomic mass is 35.5. The van der Waals surface area contributed by atoms with Gasteiger partial charge in [0.1, 0.15) is 5.82 Å². The molecule has 0 radical (unpaired) electrons. The van der Waals surface area contributed by atoms with Crippen LogP contribution in [0.2, 0.25) is 5.02 Å². The van der Waals surface area contributed by atoms with Crippen LogP contribution in [0.4, 0.5) is 23.2 Å². The van der Waals surface area contributed by atoms with E-state index in [-0.39, 0.29) is 21.8 Å². The third-order valence-electron chi connectivity index (χ3n) is 3.60. The fraction of sp³-hybridized carbons (Fsp3) is 0.118. The van der Waals surface area contributed by atoms with Gasteiger partial charge in [0.15, 0.2) is 5.96 Å². The average Bonchev–Trinajstić information content (AvgIpc) is 2.59. The van der Waals surface area contributed by atoms with Crippen molar-refractivity contribution in [3.05, 3.63) is 52.3 Å². The number of amides is 1. The number of nitrogens with zero attached hydrogens (tertiary/aromatic N) is 2. The number of nitrogens with one attached hydrogen (secondary N) is 1. The smallest absolute Gasteiger partial charge is 0.370 e. The molecule has 0 saturated carbocycles. The van der Waals surface area contributed by atoms with Crippen LogP contribution >= 0.6 is 11.6 Å². The molecular weight excluding hydrogens is 416 g/mol. The first kappa shape index (κ1) is 22.0. The first-order valence-corrected chi connectivity index (χ1v) is 8.18. The van der Waals surface area contributed by atoms with Gasteiger partial charge in [0.2, 0.25) is 5.96 Å². The number of halogens is 5. The second-order valence-corrected chi connectivity index (χ2v) is 6.04. The Labute approximate surface area is 167 Å². The topological polar surface area (TPSA) is 132 Å². The van der Waals surface area contributed by atoms with E-state index < -0.39 is 40.9 Å². The third kappa shape index (κ3) is 5.13. The van der Waals surface area contributed by atoms with Gasteiger partial charge in [0, 0.05) is 12.6 Å². The normalized spacial score (nSPS) is 11.9. The molecule has 12 heteroatoms. The molecule has 154 valence electrons. The van der Waals surface area contributed by atoms with Crippen LogP contribution in [0.3, 0.4) is 0 Å². The summed E-state index contributed by atoms with van der Waals surface area (Å²) in [6.45, 7) is 0. The number of carbonyl (C=O) groups is 1. The molecule has 0 heterocycles. The zero-order chi connectivity index (χ0) is 21.9. The molecule has 0 aliphatic carbocycles. The zero-order valence-corrected chi connectivity index (χ0v) is 15.6. The number of carbonyl (C=O) groups excluding carboxylic acids is 1. The summed E-state index contributed by atoms with van der Waals surface area (Å²) in [5, 5.41) is 1.86. The monoisotopic (exact) mass is 430 g/mol. The maximum absolute atomic E-state index is 14.2. The summed E-state index contributed by atoms with van der Waals surface area (Å²) in [6.07, 6.45) is -4.86. The number of benzene rings is 2. The molecule has 0 aromatic heterocycles. The predicted molar refractivity (Wildman–Crippen MR) is 102 cm³/mol. The quantitative estimate of drug-likeness (QED) is 0.338. The Morgan fingerprint density at radius 1 is 1.14 bits per heavy atom. The van der Waals surface area contributed by atoms with Crippen molar-refractivity contribution in [1.82, 2.24) is 5.32 Å². The number of aliphatic imine (C=N–C) groups is 2. The highest BCUT2D eigenvalue weighted by molar-refractivity contribution is 6.33. The second-order valence-electron chi connectivity index (χ2n) is 5.63. The van der Waals surface area contributed by atoms with Crippen LogP contribution in [0.25, 0.3) is 11.1 Å². The minimum Gasteiger partial charge on any atom is -0.370 e. The molecule has 0 spiro atoms. The van der Waals surface area contributed by atoms with Crippen molar-refractivity contribution in [2.75, 3.05) is 7.05 Å². The van der Waals surface area contributed by atoms with Gasteiger partial charge in [-0.05, 0) is 29.8 Å². The lowest BCUT2D eigenvalue weighted by atomic mass is 9.97. The summed E-state index contributed by atoms with van der Waals surface area (Å²) in [5.41, 5.74) is 13.2. The summed E-state index contributed by atoms with van der Waals surface area (Å²) in [7, 11) is 1.29. The van der Waals surface area contributed by atoms with Crippen LogP contribution in [0, 0.1) is 5.82 Å². The molecule has 0 bridgehead atoms. The van der Waals surface area contributed by atoms with Gasteiger partial charge in [-0.2, -0.15) is 18.2 Å². The van der Waals surface area contributed by atoms with Gasteiger partial charge in [0.25, 0.3) is 5.91 Å². The van der Waals surface area contributed by atoms with Crippen LogP contribution in [0.1, 0.15) is 15.9 Å². The van der Waals surface area contributed by atoms with Crippen molar-refractivity contribution in [3.8, 4) is 11.1 Å². The molecule has 2 aromatic rings. The van der Waals surface area contributed by atoms with Crippen molar-refractivity contribution in [3.63, 3.8) is 0 Å². The van der Waals surface area contributed by atoms with Crippen molar-refractivity contribution in [2.45, 2.75) is 6.18 Å². The van der Waals surface area contributed by atoms with E-state index in [2.05, 4.69) is 15.3 Å². The van der Waals surface area contributed by atoms with E-state index in [0.29, 0.717) is 6.07 Å². The minimum absolute atomic E-state index is 0.180. The minimum atomic E-state index is -4.86. The Morgan fingerprint density at radius 2 is 1.79 bits per heavy atom. The van der Waals surface area contributed by atoms with Crippen LogP contribution in [0.5, 0.6) is 0 Å². The molecule has 0 fully saturated rings. The zero-order valence-electron chi connectivity index (χ0n) is 14.8. The molecule has 7 N–H and O–H groups in total. The van der Waals surface area contributed by atoms with Crippen LogP contribution < -0.4 is 22.5 Å². The van der Waals surface area contributed by atoms with E-state index in [1.54, 1.807) is 0 Å². The lowest BCUT2D eigenvalue weighted by Crippen LogP contribution is -2.26. The fourth-order valence-corrected chi connectivity index (χ4v) is 2.78. The summed E-state index contributed by atoms with van der Waals surface area (Å²) in [5.74, 6) is -2.65. The molecule has 2 rings (SSSR count). The summed E-state index contributed by atoms with van der Waals surface area (Å²) in [6, 6.07) is 4.76. The van der Waals surface area contributed by atoms with Gasteiger partial charge in [0.05, 0.1) is 21.8 Å². The van der Waals surface area contributed by atoms with Gasteiger partial charge in [-0.3, -0.25) is 4.79 Å². The van der Waals surface area contributed by atoms with E-state index in [1.807, 2.05) is 0 Å². The van der Waals surface area contributed by atoms with Crippen molar-refractivity contribution in [1.29, 1.82) is 0 Å². The highest BCUT2D eigenvalue weighted by Crippen LogP contribution is 2.43. The van der Waals surface area contributed by atoms with Gasteiger partial charge < -0.3 is 22.5 Å². The Bertz CT molecular complexity index is 1020. The first-order chi connectivity index (χ1) is 13.4. The first-order valence-electron chi connectivity index (χ1n) is 7.80. The van der Waals surface area contributed by atoms with E-state index >= 15 is 0 Å². The number of alkyl halides is 3. The van der Waals surface area contributed by atoms with E-state index in [1.165, 1.54) is 7.05 Å². The van der Waals surface area contributed by atoms with Crippen LogP contribution in [-0.2, 0) is 6.18 Å². The van der Waals surface area contributed by atoms with Crippen LogP contribution in [-0.4, -0.2) is 24.9 Å². The van der Waals surface area contributed by atoms with E-state index in [0.717, 1.165) is 24.3 Å². The second kappa shape index (κ2) is 8.35. The maximum Gasteiger partial charge on any atom is 0.417 e. The molecule has 2 aromatic carbocycles. The third-order valence-corrected chi connectivity index (χ3v) is 3.90.